The lowest BCUT2D eigenvalue weighted by atomic mass is 9.58. The molecular weight excluding hydrogens is 284 g/mol. The van der Waals surface area contributed by atoms with E-state index in [4.69, 9.17) is 24.0 Å². The van der Waals surface area contributed by atoms with Crippen molar-refractivity contribution in [1.82, 2.24) is 0 Å². The number of rotatable bonds is 2. The Morgan fingerprint density at radius 2 is 1.91 bits per heavy atom. The summed E-state index contributed by atoms with van der Waals surface area (Å²) in [6.07, 6.45) is 3.66. The highest BCUT2D eigenvalue weighted by molar-refractivity contribution is 5.09. The molecule has 5 fully saturated rings. The van der Waals surface area contributed by atoms with Gasteiger partial charge < -0.3 is 14.2 Å². The third-order valence-corrected chi connectivity index (χ3v) is 6.43. The van der Waals surface area contributed by atoms with Crippen molar-refractivity contribution >= 4 is 0 Å². The fourth-order valence-corrected chi connectivity index (χ4v) is 5.23. The number of ether oxygens (including phenoxy) is 3. The van der Waals surface area contributed by atoms with Crippen LogP contribution in [-0.4, -0.2) is 30.6 Å². The summed E-state index contributed by atoms with van der Waals surface area (Å²) in [6.45, 7) is 9.15. The molecule has 8 atom stereocenters. The van der Waals surface area contributed by atoms with Gasteiger partial charge in [0.2, 0.25) is 5.79 Å². The van der Waals surface area contributed by atoms with E-state index in [-0.39, 0.29) is 18.5 Å². The van der Waals surface area contributed by atoms with Crippen molar-refractivity contribution in [1.29, 1.82) is 0 Å². The molecule has 2 bridgehead atoms. The fourth-order valence-electron chi connectivity index (χ4n) is 5.23. The third kappa shape index (κ3) is 1.96. The van der Waals surface area contributed by atoms with Crippen molar-refractivity contribution in [2.75, 3.05) is 6.61 Å². The summed E-state index contributed by atoms with van der Waals surface area (Å²) in [5.74, 6) is 0.957. The Bertz CT molecular complexity index is 443. The van der Waals surface area contributed by atoms with Crippen molar-refractivity contribution < 1.29 is 24.0 Å². The number of hydrogen-bond acceptors (Lipinski definition) is 5. The van der Waals surface area contributed by atoms with E-state index in [1.165, 1.54) is 6.42 Å². The van der Waals surface area contributed by atoms with Crippen LogP contribution in [0.2, 0.25) is 0 Å². The van der Waals surface area contributed by atoms with E-state index in [2.05, 4.69) is 13.8 Å². The van der Waals surface area contributed by atoms with Crippen LogP contribution >= 0.6 is 0 Å². The van der Waals surface area contributed by atoms with Crippen LogP contribution in [0.3, 0.4) is 0 Å². The molecule has 5 rings (SSSR count). The second-order valence-corrected chi connectivity index (χ2v) is 7.73. The second kappa shape index (κ2) is 5.15. The zero-order valence-corrected chi connectivity index (χ0v) is 14.0. The monoisotopic (exact) mass is 312 g/mol. The zero-order valence-electron chi connectivity index (χ0n) is 14.0. The Morgan fingerprint density at radius 3 is 2.68 bits per heavy atom. The first-order valence-corrected chi connectivity index (χ1v) is 8.82. The molecule has 4 aliphatic heterocycles. The average Bonchev–Trinajstić information content (AvgIpc) is 2.71. The molecule has 22 heavy (non-hydrogen) atoms. The van der Waals surface area contributed by atoms with Crippen LogP contribution in [0.4, 0.5) is 0 Å². The standard InChI is InChI=1S/C17H28O5/c1-5-18-14-11(3)13-7-6-10(2)12-8-9-16(4)20-15(19-14)17(12,13)22-21-16/h10-15H,5-9H2,1-4H3/t10?,11-,12?,13?,14+,15-,16?,17?/m1/s1. The predicted molar refractivity (Wildman–Crippen MR) is 78.5 cm³/mol. The molecule has 5 nitrogen and oxygen atoms in total. The summed E-state index contributed by atoms with van der Waals surface area (Å²) in [7, 11) is 0. The Morgan fingerprint density at radius 1 is 1.09 bits per heavy atom. The fraction of sp³-hybridized carbons (Fsp3) is 1.00. The van der Waals surface area contributed by atoms with Gasteiger partial charge in [-0.1, -0.05) is 13.8 Å². The molecule has 4 saturated heterocycles. The summed E-state index contributed by atoms with van der Waals surface area (Å²) < 4.78 is 18.3. The number of hydrogen-bond donors (Lipinski definition) is 0. The molecular formula is C17H28O5. The van der Waals surface area contributed by atoms with E-state index in [0.717, 1.165) is 19.3 Å². The van der Waals surface area contributed by atoms with Gasteiger partial charge in [0.25, 0.3) is 0 Å². The maximum absolute atomic E-state index is 6.25. The third-order valence-electron chi connectivity index (χ3n) is 6.43. The van der Waals surface area contributed by atoms with Crippen molar-refractivity contribution in [2.24, 2.45) is 23.7 Å². The van der Waals surface area contributed by atoms with E-state index in [1.54, 1.807) is 0 Å². The van der Waals surface area contributed by atoms with Gasteiger partial charge in [-0.3, -0.25) is 0 Å². The van der Waals surface area contributed by atoms with Gasteiger partial charge in [-0.2, -0.15) is 0 Å². The first-order valence-electron chi connectivity index (χ1n) is 8.82. The van der Waals surface area contributed by atoms with Crippen LogP contribution in [0.15, 0.2) is 0 Å². The average molecular weight is 312 g/mol. The quantitative estimate of drug-likeness (QED) is 0.733. The molecule has 5 unspecified atom stereocenters. The summed E-state index contributed by atoms with van der Waals surface area (Å²) in [5.41, 5.74) is -0.472. The van der Waals surface area contributed by atoms with Crippen LogP contribution < -0.4 is 0 Å². The van der Waals surface area contributed by atoms with Crippen LogP contribution in [0.5, 0.6) is 0 Å². The Labute approximate surface area is 132 Å². The van der Waals surface area contributed by atoms with E-state index in [9.17, 15) is 0 Å². The molecule has 1 aliphatic carbocycles. The highest BCUT2D eigenvalue weighted by Gasteiger charge is 2.69. The van der Waals surface area contributed by atoms with Gasteiger partial charge in [0.05, 0.1) is 0 Å². The van der Waals surface area contributed by atoms with E-state index in [1.807, 2.05) is 13.8 Å². The SMILES string of the molecule is CCO[C@H]1O[C@@H]2OC3(C)CCC4C(C)CCC([C@H]1C)C42OO3. The molecule has 4 heterocycles. The zero-order chi connectivity index (χ0) is 15.5. The first-order chi connectivity index (χ1) is 10.5. The summed E-state index contributed by atoms with van der Waals surface area (Å²) in [4.78, 5) is 11.9. The molecule has 0 N–H and O–H groups in total. The van der Waals surface area contributed by atoms with Crippen LogP contribution in [-0.2, 0) is 24.0 Å². The summed E-state index contributed by atoms with van der Waals surface area (Å²) >= 11 is 0. The molecule has 1 saturated carbocycles. The molecule has 0 amide bonds. The smallest absolute Gasteiger partial charge is 0.201 e. The molecule has 5 aliphatic rings. The highest BCUT2D eigenvalue weighted by Crippen LogP contribution is 2.60. The highest BCUT2D eigenvalue weighted by atomic mass is 17.3. The minimum absolute atomic E-state index is 0.216. The topological polar surface area (TPSA) is 46.2 Å². The minimum atomic E-state index is -0.700. The van der Waals surface area contributed by atoms with Crippen molar-refractivity contribution in [3.05, 3.63) is 0 Å². The Balaban J connectivity index is 1.75. The molecule has 0 radical (unpaired) electrons. The van der Waals surface area contributed by atoms with Crippen LogP contribution in [0.1, 0.15) is 53.4 Å². The van der Waals surface area contributed by atoms with Gasteiger partial charge in [0, 0.05) is 24.9 Å². The maximum atomic E-state index is 6.25. The van der Waals surface area contributed by atoms with Crippen LogP contribution in [0, 0.1) is 23.7 Å². The number of fused-ring (bicyclic) bond motifs is 2. The summed E-state index contributed by atoms with van der Waals surface area (Å²) in [6, 6.07) is 0. The van der Waals surface area contributed by atoms with Gasteiger partial charge in [-0.15, -0.1) is 0 Å². The molecule has 5 heteroatoms. The first kappa shape index (κ1) is 15.3. The molecule has 0 aromatic heterocycles. The van der Waals surface area contributed by atoms with Gasteiger partial charge in [0.1, 0.15) is 0 Å². The van der Waals surface area contributed by atoms with Gasteiger partial charge in [0.15, 0.2) is 18.2 Å². The lowest BCUT2D eigenvalue weighted by Crippen LogP contribution is -2.70. The van der Waals surface area contributed by atoms with Crippen molar-refractivity contribution in [3.63, 3.8) is 0 Å². The van der Waals surface area contributed by atoms with Crippen LogP contribution in [0.25, 0.3) is 0 Å². The second-order valence-electron chi connectivity index (χ2n) is 7.73. The molecule has 0 aromatic rings. The maximum Gasteiger partial charge on any atom is 0.201 e. The predicted octanol–water partition coefficient (Wildman–Crippen LogP) is 3.23. The van der Waals surface area contributed by atoms with Gasteiger partial charge in [-0.25, -0.2) is 9.78 Å². The Kier molecular flexibility index (Phi) is 3.59. The largest absolute Gasteiger partial charge is 0.353 e. The summed E-state index contributed by atoms with van der Waals surface area (Å²) in [5, 5.41) is 0. The molecule has 1 spiro atoms. The van der Waals surface area contributed by atoms with E-state index in [0.29, 0.717) is 24.4 Å². The van der Waals surface area contributed by atoms with Crippen molar-refractivity contribution in [2.45, 2.75) is 77.3 Å². The van der Waals surface area contributed by atoms with E-state index < -0.39 is 11.4 Å². The molecule has 126 valence electrons. The van der Waals surface area contributed by atoms with E-state index >= 15 is 0 Å². The van der Waals surface area contributed by atoms with Gasteiger partial charge >= 0.3 is 0 Å². The molecule has 0 aromatic carbocycles. The normalized spacial score (nSPS) is 57.3. The lowest BCUT2D eigenvalue weighted by Gasteiger charge is -2.60. The van der Waals surface area contributed by atoms with Crippen molar-refractivity contribution in [3.8, 4) is 0 Å². The lowest BCUT2D eigenvalue weighted by molar-refractivity contribution is -0.577. The van der Waals surface area contributed by atoms with Gasteiger partial charge in [-0.05, 0) is 44.9 Å². The Hall–Kier alpha value is -0.200. The minimum Gasteiger partial charge on any atom is -0.353 e.